The molecule has 1 aromatic heterocycles. The molecule has 1 unspecified atom stereocenters. The van der Waals surface area contributed by atoms with Crippen molar-refractivity contribution in [1.29, 1.82) is 0 Å². The van der Waals surface area contributed by atoms with Crippen LogP contribution in [0.3, 0.4) is 0 Å². The average molecular weight is 481 g/mol. The number of halogens is 1. The fraction of sp³-hybridized carbons (Fsp3) is 0.423. The van der Waals surface area contributed by atoms with E-state index in [0.717, 1.165) is 49.2 Å². The van der Waals surface area contributed by atoms with Crippen molar-refractivity contribution in [1.82, 2.24) is 15.0 Å². The quantitative estimate of drug-likeness (QED) is 0.476. The van der Waals surface area contributed by atoms with E-state index in [0.29, 0.717) is 35.9 Å². The van der Waals surface area contributed by atoms with Crippen LogP contribution >= 0.6 is 11.6 Å². The molecule has 0 bridgehead atoms. The Balaban J connectivity index is 1.14. The van der Waals surface area contributed by atoms with Gasteiger partial charge in [0.2, 0.25) is 17.6 Å². The summed E-state index contributed by atoms with van der Waals surface area (Å²) in [7, 11) is 0. The van der Waals surface area contributed by atoms with E-state index in [1.54, 1.807) is 6.07 Å². The van der Waals surface area contributed by atoms with Gasteiger partial charge in [0.15, 0.2) is 0 Å². The van der Waals surface area contributed by atoms with E-state index in [-0.39, 0.29) is 11.8 Å². The second kappa shape index (κ2) is 10.6. The molecule has 1 aliphatic heterocycles. The summed E-state index contributed by atoms with van der Waals surface area (Å²) < 4.78 is 11.5. The first-order chi connectivity index (χ1) is 16.6. The molecule has 2 aliphatic rings. The van der Waals surface area contributed by atoms with Crippen LogP contribution in [0, 0.1) is 5.92 Å². The van der Waals surface area contributed by atoms with Crippen LogP contribution in [0.4, 0.5) is 5.69 Å². The first-order valence-electron chi connectivity index (χ1n) is 12.0. The van der Waals surface area contributed by atoms with Gasteiger partial charge in [0, 0.05) is 17.8 Å². The summed E-state index contributed by atoms with van der Waals surface area (Å²) in [5.41, 5.74) is 1.54. The molecule has 5 rings (SSSR count). The van der Waals surface area contributed by atoms with Crippen molar-refractivity contribution in [2.24, 2.45) is 5.92 Å². The van der Waals surface area contributed by atoms with Crippen LogP contribution in [0.5, 0.6) is 5.75 Å². The molecular formula is C26H29ClN4O3. The lowest BCUT2D eigenvalue weighted by Gasteiger charge is -2.30. The van der Waals surface area contributed by atoms with Crippen LogP contribution in [0.25, 0.3) is 11.4 Å². The summed E-state index contributed by atoms with van der Waals surface area (Å²) in [6.45, 7) is 2.05. The molecule has 1 N–H and O–H groups in total. The van der Waals surface area contributed by atoms with Crippen LogP contribution in [0.2, 0.25) is 5.02 Å². The first-order valence-corrected chi connectivity index (χ1v) is 12.4. The molecule has 2 fully saturated rings. The number of rotatable bonds is 7. The SMILES string of the molecule is O=C(Nc1ccc(OC2CCCC2)cc1)C1CCCN(Cc2nc(-c3ccccc3Cl)no2)C1. The predicted molar refractivity (Wildman–Crippen MR) is 131 cm³/mol. The molecule has 1 saturated heterocycles. The molecule has 178 valence electrons. The minimum atomic E-state index is -0.0888. The smallest absolute Gasteiger partial charge is 0.241 e. The Hall–Kier alpha value is -2.90. The molecule has 1 atom stereocenters. The van der Waals surface area contributed by atoms with Crippen LogP contribution in [0.15, 0.2) is 53.1 Å². The number of hydrogen-bond acceptors (Lipinski definition) is 6. The van der Waals surface area contributed by atoms with Gasteiger partial charge in [-0.15, -0.1) is 0 Å². The number of amides is 1. The highest BCUT2D eigenvalue weighted by atomic mass is 35.5. The maximum Gasteiger partial charge on any atom is 0.241 e. The summed E-state index contributed by atoms with van der Waals surface area (Å²) in [6, 6.07) is 15.1. The highest BCUT2D eigenvalue weighted by Crippen LogP contribution is 2.27. The monoisotopic (exact) mass is 480 g/mol. The van der Waals surface area contributed by atoms with Gasteiger partial charge in [0.25, 0.3) is 0 Å². The van der Waals surface area contributed by atoms with Crippen LogP contribution in [0.1, 0.15) is 44.4 Å². The molecule has 8 heteroatoms. The number of ether oxygens (including phenoxy) is 1. The summed E-state index contributed by atoms with van der Waals surface area (Å²) >= 11 is 6.24. The minimum absolute atomic E-state index is 0.0384. The van der Waals surface area contributed by atoms with Gasteiger partial charge in [-0.05, 0) is 81.5 Å². The van der Waals surface area contributed by atoms with Gasteiger partial charge in [0.05, 0.1) is 23.6 Å². The van der Waals surface area contributed by atoms with Gasteiger partial charge < -0.3 is 14.6 Å². The third-order valence-electron chi connectivity index (χ3n) is 6.54. The Morgan fingerprint density at radius 3 is 2.68 bits per heavy atom. The first kappa shape index (κ1) is 22.9. The van der Waals surface area contributed by atoms with Crippen LogP contribution < -0.4 is 10.1 Å². The molecule has 34 heavy (non-hydrogen) atoms. The van der Waals surface area contributed by atoms with E-state index >= 15 is 0 Å². The highest BCUT2D eigenvalue weighted by Gasteiger charge is 2.27. The van der Waals surface area contributed by atoms with Crippen molar-refractivity contribution in [3.8, 4) is 17.1 Å². The molecule has 0 radical (unpaired) electrons. The zero-order valence-corrected chi connectivity index (χ0v) is 19.8. The molecule has 1 amide bonds. The maximum absolute atomic E-state index is 12.9. The zero-order chi connectivity index (χ0) is 23.3. The third-order valence-corrected chi connectivity index (χ3v) is 6.87. The average Bonchev–Trinajstić information content (AvgIpc) is 3.53. The Kier molecular flexibility index (Phi) is 7.11. The fourth-order valence-electron chi connectivity index (χ4n) is 4.74. The van der Waals surface area contributed by atoms with Gasteiger partial charge in [-0.25, -0.2) is 0 Å². The zero-order valence-electron chi connectivity index (χ0n) is 19.1. The molecule has 2 aromatic carbocycles. The molecule has 1 aliphatic carbocycles. The number of anilines is 1. The number of nitrogens with one attached hydrogen (secondary N) is 1. The number of carbonyl (C=O) groups is 1. The van der Waals surface area contributed by atoms with Gasteiger partial charge >= 0.3 is 0 Å². The largest absolute Gasteiger partial charge is 0.490 e. The summed E-state index contributed by atoms with van der Waals surface area (Å²) in [5.74, 6) is 1.82. The minimum Gasteiger partial charge on any atom is -0.490 e. The predicted octanol–water partition coefficient (Wildman–Crippen LogP) is 5.56. The van der Waals surface area contributed by atoms with Crippen molar-refractivity contribution in [3.63, 3.8) is 0 Å². The van der Waals surface area contributed by atoms with Gasteiger partial charge in [-0.1, -0.05) is 28.9 Å². The molecular weight excluding hydrogens is 452 g/mol. The standard InChI is InChI=1S/C26H29ClN4O3/c27-23-10-4-3-9-22(23)25-29-24(34-30-25)17-31-15-5-6-18(16-31)26(32)28-19-11-13-21(14-12-19)33-20-7-1-2-8-20/h3-4,9-14,18,20H,1-2,5-8,15-17H2,(H,28,32). The van der Waals surface area contributed by atoms with Gasteiger partial charge in [-0.2, -0.15) is 4.98 Å². The Labute approximate surface area is 204 Å². The Morgan fingerprint density at radius 1 is 1.09 bits per heavy atom. The molecule has 3 aromatic rings. The number of piperidine rings is 1. The molecule has 1 saturated carbocycles. The number of carbonyl (C=O) groups excluding carboxylic acids is 1. The second-order valence-electron chi connectivity index (χ2n) is 9.10. The third kappa shape index (κ3) is 5.59. The number of aromatic nitrogens is 2. The van der Waals surface area contributed by atoms with E-state index in [1.807, 2.05) is 42.5 Å². The van der Waals surface area contributed by atoms with Crippen LogP contribution in [-0.4, -0.2) is 40.1 Å². The maximum atomic E-state index is 12.9. The van der Waals surface area contributed by atoms with E-state index in [2.05, 4.69) is 20.4 Å². The van der Waals surface area contributed by atoms with Crippen molar-refractivity contribution >= 4 is 23.2 Å². The van der Waals surface area contributed by atoms with Gasteiger partial charge in [0.1, 0.15) is 5.75 Å². The number of benzene rings is 2. The number of nitrogens with zero attached hydrogens (tertiary/aromatic N) is 3. The topological polar surface area (TPSA) is 80.5 Å². The van der Waals surface area contributed by atoms with E-state index in [4.69, 9.17) is 20.9 Å². The van der Waals surface area contributed by atoms with Crippen molar-refractivity contribution in [2.45, 2.75) is 51.2 Å². The molecule has 0 spiro atoms. The van der Waals surface area contributed by atoms with Crippen molar-refractivity contribution in [2.75, 3.05) is 18.4 Å². The Morgan fingerprint density at radius 2 is 1.88 bits per heavy atom. The van der Waals surface area contributed by atoms with E-state index in [9.17, 15) is 4.79 Å². The molecule has 7 nitrogen and oxygen atoms in total. The number of likely N-dealkylation sites (tertiary alicyclic amines) is 1. The van der Waals surface area contributed by atoms with E-state index < -0.39 is 0 Å². The van der Waals surface area contributed by atoms with Crippen molar-refractivity contribution < 1.29 is 14.1 Å². The normalized spacial score (nSPS) is 19.3. The molecule has 2 heterocycles. The fourth-order valence-corrected chi connectivity index (χ4v) is 4.96. The lowest BCUT2D eigenvalue weighted by Crippen LogP contribution is -2.40. The summed E-state index contributed by atoms with van der Waals surface area (Å²) in [6.07, 6.45) is 6.87. The number of hydrogen-bond donors (Lipinski definition) is 1. The Bertz CT molecular complexity index is 1110. The lowest BCUT2D eigenvalue weighted by atomic mass is 9.97. The second-order valence-corrected chi connectivity index (χ2v) is 9.51. The highest BCUT2D eigenvalue weighted by molar-refractivity contribution is 6.33. The summed E-state index contributed by atoms with van der Waals surface area (Å²) in [4.78, 5) is 19.6. The van der Waals surface area contributed by atoms with Gasteiger partial charge in [-0.3, -0.25) is 9.69 Å². The van der Waals surface area contributed by atoms with Crippen molar-refractivity contribution in [3.05, 3.63) is 59.4 Å². The van der Waals surface area contributed by atoms with Crippen LogP contribution in [-0.2, 0) is 11.3 Å². The summed E-state index contributed by atoms with van der Waals surface area (Å²) in [5, 5.41) is 7.72. The van der Waals surface area contributed by atoms with E-state index in [1.165, 1.54) is 12.8 Å². The lowest BCUT2D eigenvalue weighted by molar-refractivity contribution is -0.121.